The second kappa shape index (κ2) is 6.00. The third kappa shape index (κ3) is 3.19. The van der Waals surface area contributed by atoms with Gasteiger partial charge in [-0.2, -0.15) is 0 Å². The van der Waals surface area contributed by atoms with Crippen molar-refractivity contribution >= 4 is 27.3 Å². The quantitative estimate of drug-likeness (QED) is 0.935. The van der Waals surface area contributed by atoms with Crippen molar-refractivity contribution in [3.8, 4) is 0 Å². The number of anilines is 2. The molecule has 7 heteroatoms. The van der Waals surface area contributed by atoms with Gasteiger partial charge in [0, 0.05) is 13.0 Å². The molecule has 0 radical (unpaired) electrons. The Morgan fingerprint density at radius 1 is 1.09 bits per heavy atom. The highest BCUT2D eigenvalue weighted by molar-refractivity contribution is 7.92. The van der Waals surface area contributed by atoms with E-state index in [4.69, 9.17) is 0 Å². The van der Waals surface area contributed by atoms with Crippen molar-refractivity contribution in [2.45, 2.75) is 17.7 Å². The minimum absolute atomic E-state index is 0.0394. The average Bonchev–Trinajstić information content (AvgIpc) is 2.93. The van der Waals surface area contributed by atoms with Crippen LogP contribution < -0.4 is 9.62 Å². The van der Waals surface area contributed by atoms with Gasteiger partial charge in [-0.15, -0.1) is 0 Å². The number of hydrogen-bond acceptors (Lipinski definition) is 3. The fourth-order valence-electron chi connectivity index (χ4n) is 2.54. The van der Waals surface area contributed by atoms with Crippen LogP contribution in [0.2, 0.25) is 0 Å². The number of para-hydroxylation sites is 2. The molecule has 1 amide bonds. The lowest BCUT2D eigenvalue weighted by molar-refractivity contribution is -0.117. The van der Waals surface area contributed by atoms with Crippen molar-refractivity contribution in [3.63, 3.8) is 0 Å². The predicted molar refractivity (Wildman–Crippen MR) is 85.2 cm³/mol. The van der Waals surface area contributed by atoms with Gasteiger partial charge >= 0.3 is 0 Å². The summed E-state index contributed by atoms with van der Waals surface area (Å²) < 4.78 is 40.5. The van der Waals surface area contributed by atoms with Crippen molar-refractivity contribution in [3.05, 3.63) is 54.3 Å². The molecule has 120 valence electrons. The van der Waals surface area contributed by atoms with Gasteiger partial charge in [0.25, 0.3) is 10.0 Å². The van der Waals surface area contributed by atoms with Crippen molar-refractivity contribution < 1.29 is 17.6 Å². The zero-order chi connectivity index (χ0) is 16.4. The molecular weight excluding hydrogens is 319 g/mol. The first-order valence-electron chi connectivity index (χ1n) is 7.15. The summed E-state index contributed by atoms with van der Waals surface area (Å²) in [6.45, 7) is 0.553. The summed E-state index contributed by atoms with van der Waals surface area (Å²) >= 11 is 0. The molecule has 3 rings (SSSR count). The van der Waals surface area contributed by atoms with Crippen molar-refractivity contribution in [1.82, 2.24) is 0 Å². The second-order valence-electron chi connectivity index (χ2n) is 5.23. The van der Waals surface area contributed by atoms with Crippen LogP contribution in [0.15, 0.2) is 53.4 Å². The summed E-state index contributed by atoms with van der Waals surface area (Å²) in [6.07, 6.45) is 1.19. The molecule has 5 nitrogen and oxygen atoms in total. The van der Waals surface area contributed by atoms with E-state index in [9.17, 15) is 17.6 Å². The molecule has 1 aliphatic rings. The average molecular weight is 334 g/mol. The molecule has 1 N–H and O–H groups in total. The lowest BCUT2D eigenvalue weighted by atomic mass is 10.2. The van der Waals surface area contributed by atoms with Crippen molar-refractivity contribution in [2.24, 2.45) is 0 Å². The van der Waals surface area contributed by atoms with Crippen LogP contribution >= 0.6 is 0 Å². The standard InChI is InChI=1S/C16H15FN2O3S/c17-12-5-3-6-13(11-12)23(21,22)18-14-7-1-2-8-15(14)19-10-4-9-16(19)20/h1-3,5-8,11,18H,4,9-10H2. The van der Waals surface area contributed by atoms with Gasteiger partial charge in [-0.05, 0) is 36.8 Å². The molecule has 0 aliphatic carbocycles. The third-order valence-corrected chi connectivity index (χ3v) is 4.98. The Morgan fingerprint density at radius 3 is 2.57 bits per heavy atom. The van der Waals surface area contributed by atoms with E-state index in [2.05, 4.69) is 4.72 Å². The van der Waals surface area contributed by atoms with Gasteiger partial charge in [0.15, 0.2) is 0 Å². The summed E-state index contributed by atoms with van der Waals surface area (Å²) in [4.78, 5) is 13.3. The van der Waals surface area contributed by atoms with Crippen LogP contribution in [0.4, 0.5) is 15.8 Å². The Kier molecular flexibility index (Phi) is 4.04. The van der Waals surface area contributed by atoms with Crippen LogP contribution in [0.3, 0.4) is 0 Å². The highest BCUT2D eigenvalue weighted by atomic mass is 32.2. The van der Waals surface area contributed by atoms with E-state index in [1.54, 1.807) is 29.2 Å². The number of carbonyl (C=O) groups is 1. The van der Waals surface area contributed by atoms with Crippen molar-refractivity contribution in [2.75, 3.05) is 16.2 Å². The summed E-state index contributed by atoms with van der Waals surface area (Å²) in [5.74, 6) is -0.668. The normalized spacial score (nSPS) is 15.0. The number of halogens is 1. The molecule has 0 unspecified atom stereocenters. The van der Waals surface area contributed by atoms with Gasteiger partial charge in [-0.1, -0.05) is 18.2 Å². The second-order valence-corrected chi connectivity index (χ2v) is 6.91. The lowest BCUT2D eigenvalue weighted by Crippen LogP contribution is -2.25. The maximum absolute atomic E-state index is 13.3. The zero-order valence-corrected chi connectivity index (χ0v) is 13.0. The highest BCUT2D eigenvalue weighted by Gasteiger charge is 2.25. The molecular formula is C16H15FN2O3S. The van der Waals surface area contributed by atoms with E-state index >= 15 is 0 Å². The lowest BCUT2D eigenvalue weighted by Gasteiger charge is -2.20. The molecule has 1 aliphatic heterocycles. The number of benzene rings is 2. The van der Waals surface area contributed by atoms with E-state index in [1.165, 1.54) is 18.2 Å². The van der Waals surface area contributed by atoms with Crippen LogP contribution in [0.1, 0.15) is 12.8 Å². The van der Waals surface area contributed by atoms with Crippen LogP contribution in [0, 0.1) is 5.82 Å². The fraction of sp³-hybridized carbons (Fsp3) is 0.188. The Hall–Kier alpha value is -2.41. The van der Waals surface area contributed by atoms with Crippen molar-refractivity contribution in [1.29, 1.82) is 0 Å². The minimum atomic E-state index is -3.93. The Morgan fingerprint density at radius 2 is 1.87 bits per heavy atom. The first-order chi connectivity index (χ1) is 11.0. The summed E-state index contributed by atoms with van der Waals surface area (Å²) in [5, 5.41) is 0. The molecule has 1 fully saturated rings. The minimum Gasteiger partial charge on any atom is -0.310 e. The monoisotopic (exact) mass is 334 g/mol. The van der Waals surface area contributed by atoms with Crippen LogP contribution in [-0.2, 0) is 14.8 Å². The molecule has 1 saturated heterocycles. The van der Waals surface area contributed by atoms with Gasteiger partial charge in [-0.3, -0.25) is 9.52 Å². The van der Waals surface area contributed by atoms with E-state index in [0.717, 1.165) is 12.5 Å². The largest absolute Gasteiger partial charge is 0.310 e. The smallest absolute Gasteiger partial charge is 0.262 e. The number of nitrogens with one attached hydrogen (secondary N) is 1. The van der Waals surface area contributed by atoms with E-state index in [1.807, 2.05) is 0 Å². The van der Waals surface area contributed by atoms with Gasteiger partial charge in [0.1, 0.15) is 5.82 Å². The predicted octanol–water partition coefficient (Wildman–Crippen LogP) is 2.75. The molecule has 1 heterocycles. The van der Waals surface area contributed by atoms with Gasteiger partial charge in [0.05, 0.1) is 16.3 Å². The molecule has 0 aromatic heterocycles. The first-order valence-corrected chi connectivity index (χ1v) is 8.63. The number of amides is 1. The Balaban J connectivity index is 1.96. The van der Waals surface area contributed by atoms with Crippen LogP contribution in [-0.4, -0.2) is 20.9 Å². The molecule has 0 spiro atoms. The first kappa shape index (κ1) is 15.5. The number of sulfonamides is 1. The topological polar surface area (TPSA) is 66.5 Å². The maximum Gasteiger partial charge on any atom is 0.262 e. The maximum atomic E-state index is 13.3. The number of carbonyl (C=O) groups excluding carboxylic acids is 1. The molecule has 2 aromatic carbocycles. The summed E-state index contributed by atoms with van der Waals surface area (Å²) in [6, 6.07) is 11.5. The van der Waals surface area contributed by atoms with Gasteiger partial charge in [0.2, 0.25) is 5.91 Å². The van der Waals surface area contributed by atoms with E-state index in [0.29, 0.717) is 24.3 Å². The van der Waals surface area contributed by atoms with Crippen LogP contribution in [0.25, 0.3) is 0 Å². The summed E-state index contributed by atoms with van der Waals surface area (Å²) in [7, 11) is -3.93. The van der Waals surface area contributed by atoms with Gasteiger partial charge < -0.3 is 4.90 Å². The van der Waals surface area contributed by atoms with E-state index in [-0.39, 0.29) is 10.8 Å². The summed E-state index contributed by atoms with van der Waals surface area (Å²) in [5.41, 5.74) is 0.807. The molecule has 0 saturated carbocycles. The zero-order valence-electron chi connectivity index (χ0n) is 12.2. The molecule has 2 aromatic rings. The Bertz CT molecular complexity index is 852. The highest BCUT2D eigenvalue weighted by Crippen LogP contribution is 2.31. The molecule has 0 atom stereocenters. The van der Waals surface area contributed by atoms with Gasteiger partial charge in [-0.25, -0.2) is 12.8 Å². The number of rotatable bonds is 4. The molecule has 0 bridgehead atoms. The molecule has 23 heavy (non-hydrogen) atoms. The number of nitrogens with zero attached hydrogens (tertiary/aromatic N) is 1. The third-order valence-electron chi connectivity index (χ3n) is 3.62. The fourth-order valence-corrected chi connectivity index (χ4v) is 3.64. The Labute approximate surface area is 133 Å². The van der Waals surface area contributed by atoms with Crippen LogP contribution in [0.5, 0.6) is 0 Å². The number of hydrogen-bond donors (Lipinski definition) is 1. The van der Waals surface area contributed by atoms with E-state index < -0.39 is 15.8 Å². The SMILES string of the molecule is O=C1CCCN1c1ccccc1NS(=O)(=O)c1cccc(F)c1.